The fraction of sp³-hybridized carbons (Fsp3) is 0.400. The van der Waals surface area contributed by atoms with Crippen molar-refractivity contribution in [3.63, 3.8) is 0 Å². The van der Waals surface area contributed by atoms with Gasteiger partial charge in [-0.15, -0.1) is 15.3 Å². The van der Waals surface area contributed by atoms with E-state index in [-0.39, 0.29) is 11.5 Å². The minimum Gasteiger partial charge on any atom is -0.467 e. The van der Waals surface area contributed by atoms with Gasteiger partial charge in [-0.3, -0.25) is 0 Å². The number of methoxy groups -OCH3 is 1. The van der Waals surface area contributed by atoms with Crippen LogP contribution in [-0.4, -0.2) is 38.9 Å². The van der Waals surface area contributed by atoms with Crippen molar-refractivity contribution in [2.45, 2.75) is 19.1 Å². The molecule has 2 aromatic heterocycles. The second-order valence-electron chi connectivity index (χ2n) is 3.90. The first kappa shape index (κ1) is 14.0. The molecule has 0 radical (unpaired) electrons. The van der Waals surface area contributed by atoms with Crippen LogP contribution in [0.1, 0.15) is 12.7 Å². The lowest BCUT2D eigenvalue weighted by Gasteiger charge is -2.12. The average Bonchev–Trinajstić information content (AvgIpc) is 2.80. The molecule has 0 aromatic carbocycles. The van der Waals surface area contributed by atoms with Crippen molar-refractivity contribution in [3.05, 3.63) is 18.0 Å². The maximum Gasteiger partial charge on any atom is 0.453 e. The lowest BCUT2D eigenvalue weighted by Crippen LogP contribution is -2.28. The summed E-state index contributed by atoms with van der Waals surface area (Å²) in [5.74, 6) is -1.73. The van der Waals surface area contributed by atoms with Crippen LogP contribution in [0.4, 0.5) is 19.0 Å². The van der Waals surface area contributed by atoms with Crippen molar-refractivity contribution < 1.29 is 22.7 Å². The molecule has 0 fully saturated rings. The third-order valence-corrected chi connectivity index (χ3v) is 2.44. The summed E-state index contributed by atoms with van der Waals surface area (Å²) in [7, 11) is 1.21. The van der Waals surface area contributed by atoms with Crippen molar-refractivity contribution in [1.29, 1.82) is 0 Å². The van der Waals surface area contributed by atoms with Crippen molar-refractivity contribution in [3.8, 4) is 0 Å². The van der Waals surface area contributed by atoms with Gasteiger partial charge in [-0.25, -0.2) is 4.79 Å². The number of carbonyl (C=O) groups is 1. The van der Waals surface area contributed by atoms with Gasteiger partial charge in [-0.2, -0.15) is 17.7 Å². The summed E-state index contributed by atoms with van der Waals surface area (Å²) < 4.78 is 43.1. The SMILES string of the molecule is COC(=O)C(C)Nc1ccc2nnc(C(F)(F)F)n2n1. The minimum absolute atomic E-state index is 0.0476. The van der Waals surface area contributed by atoms with Gasteiger partial charge in [0.1, 0.15) is 11.9 Å². The van der Waals surface area contributed by atoms with Crippen LogP contribution in [0.15, 0.2) is 12.1 Å². The first-order valence-electron chi connectivity index (χ1n) is 5.47. The van der Waals surface area contributed by atoms with Crippen LogP contribution >= 0.6 is 0 Å². The Morgan fingerprint density at radius 3 is 2.70 bits per heavy atom. The number of ether oxygens (including phenoxy) is 1. The Balaban J connectivity index is 2.35. The first-order valence-corrected chi connectivity index (χ1v) is 5.47. The van der Waals surface area contributed by atoms with E-state index in [4.69, 9.17) is 0 Å². The van der Waals surface area contributed by atoms with E-state index < -0.39 is 24.0 Å². The predicted molar refractivity (Wildman–Crippen MR) is 60.9 cm³/mol. The van der Waals surface area contributed by atoms with E-state index in [2.05, 4.69) is 25.3 Å². The van der Waals surface area contributed by atoms with Crippen LogP contribution in [0.2, 0.25) is 0 Å². The van der Waals surface area contributed by atoms with E-state index in [1.54, 1.807) is 0 Å². The Kier molecular flexibility index (Phi) is 3.47. The molecule has 108 valence electrons. The van der Waals surface area contributed by atoms with E-state index in [1.807, 2.05) is 0 Å². The van der Waals surface area contributed by atoms with E-state index in [0.717, 1.165) is 0 Å². The fourth-order valence-electron chi connectivity index (χ4n) is 1.50. The van der Waals surface area contributed by atoms with Gasteiger partial charge in [0.05, 0.1) is 7.11 Å². The van der Waals surface area contributed by atoms with Crippen molar-refractivity contribution in [1.82, 2.24) is 19.8 Å². The van der Waals surface area contributed by atoms with E-state index >= 15 is 0 Å². The number of anilines is 1. The highest BCUT2D eigenvalue weighted by molar-refractivity contribution is 5.78. The molecule has 0 amide bonds. The van der Waals surface area contributed by atoms with Gasteiger partial charge >= 0.3 is 12.1 Å². The molecule has 0 aliphatic rings. The molecule has 1 atom stereocenters. The number of fused-ring (bicyclic) bond motifs is 1. The van der Waals surface area contributed by atoms with Gasteiger partial charge in [0.25, 0.3) is 5.82 Å². The summed E-state index contributed by atoms with van der Waals surface area (Å²) in [6.45, 7) is 1.49. The quantitative estimate of drug-likeness (QED) is 0.853. The van der Waals surface area contributed by atoms with Crippen LogP contribution in [0.25, 0.3) is 5.65 Å². The Bertz CT molecular complexity index is 639. The molecule has 7 nitrogen and oxygen atoms in total. The molecule has 0 saturated carbocycles. The number of rotatable bonds is 3. The van der Waals surface area contributed by atoms with Crippen LogP contribution < -0.4 is 5.32 Å². The second kappa shape index (κ2) is 4.94. The highest BCUT2D eigenvalue weighted by atomic mass is 19.4. The number of carbonyl (C=O) groups excluding carboxylic acids is 1. The summed E-state index contributed by atoms with van der Waals surface area (Å²) in [6.07, 6.45) is -4.67. The van der Waals surface area contributed by atoms with Crippen molar-refractivity contribution >= 4 is 17.4 Å². The van der Waals surface area contributed by atoms with E-state index in [0.29, 0.717) is 4.52 Å². The number of alkyl halides is 3. The Labute approximate surface area is 110 Å². The summed E-state index contributed by atoms with van der Waals surface area (Å²) >= 11 is 0. The van der Waals surface area contributed by atoms with Gasteiger partial charge in [0.15, 0.2) is 5.65 Å². The second-order valence-corrected chi connectivity index (χ2v) is 3.90. The number of esters is 1. The number of aromatic nitrogens is 4. The summed E-state index contributed by atoms with van der Waals surface area (Å²) in [4.78, 5) is 11.2. The lowest BCUT2D eigenvalue weighted by atomic mass is 10.3. The molecule has 2 rings (SSSR count). The summed E-state index contributed by atoms with van der Waals surface area (Å²) in [5.41, 5.74) is -0.0476. The zero-order valence-electron chi connectivity index (χ0n) is 10.5. The average molecular weight is 289 g/mol. The van der Waals surface area contributed by atoms with Crippen molar-refractivity contribution in [2.24, 2.45) is 0 Å². The smallest absolute Gasteiger partial charge is 0.453 e. The Morgan fingerprint density at radius 2 is 2.10 bits per heavy atom. The van der Waals surface area contributed by atoms with Gasteiger partial charge in [-0.05, 0) is 19.1 Å². The van der Waals surface area contributed by atoms with Crippen LogP contribution in [0.3, 0.4) is 0 Å². The molecule has 0 aliphatic carbocycles. The highest BCUT2D eigenvalue weighted by Gasteiger charge is 2.37. The molecule has 10 heteroatoms. The van der Waals surface area contributed by atoms with Crippen LogP contribution in [0.5, 0.6) is 0 Å². The molecule has 0 spiro atoms. The zero-order chi connectivity index (χ0) is 14.9. The topological polar surface area (TPSA) is 81.4 Å². The van der Waals surface area contributed by atoms with Gasteiger partial charge < -0.3 is 10.1 Å². The normalized spacial score (nSPS) is 13.2. The van der Waals surface area contributed by atoms with Crippen molar-refractivity contribution in [2.75, 3.05) is 12.4 Å². The molecule has 1 unspecified atom stereocenters. The monoisotopic (exact) mass is 289 g/mol. The largest absolute Gasteiger partial charge is 0.467 e. The minimum atomic E-state index is -4.67. The molecule has 0 bridgehead atoms. The molecular weight excluding hydrogens is 279 g/mol. The first-order chi connectivity index (χ1) is 9.32. The molecular formula is C10H10F3N5O2. The third kappa shape index (κ3) is 2.63. The molecule has 0 aliphatic heterocycles. The maximum absolute atomic E-state index is 12.7. The number of halogens is 3. The number of hydrogen-bond donors (Lipinski definition) is 1. The summed E-state index contributed by atoms with van der Waals surface area (Å²) in [6, 6.07) is 1.95. The Hall–Kier alpha value is -2.39. The lowest BCUT2D eigenvalue weighted by molar-refractivity contribution is -0.146. The summed E-state index contributed by atoms with van der Waals surface area (Å²) in [5, 5.41) is 12.7. The fourth-order valence-corrected chi connectivity index (χ4v) is 1.50. The van der Waals surface area contributed by atoms with Gasteiger partial charge in [-0.1, -0.05) is 0 Å². The van der Waals surface area contributed by atoms with Gasteiger partial charge in [0.2, 0.25) is 0 Å². The number of hydrogen-bond acceptors (Lipinski definition) is 6. The van der Waals surface area contributed by atoms with Crippen LogP contribution in [-0.2, 0) is 15.7 Å². The third-order valence-electron chi connectivity index (χ3n) is 2.44. The Morgan fingerprint density at radius 1 is 1.40 bits per heavy atom. The molecule has 0 saturated heterocycles. The predicted octanol–water partition coefficient (Wildman–Crippen LogP) is 1.12. The molecule has 1 N–H and O–H groups in total. The highest BCUT2D eigenvalue weighted by Crippen LogP contribution is 2.27. The standard InChI is InChI=1S/C10H10F3N5O2/c1-5(8(19)20-2)14-6-3-4-7-15-16-9(10(11,12)13)18(7)17-6/h3-5H,1-2H3,(H,14,17). The van der Waals surface area contributed by atoms with E-state index in [1.165, 1.54) is 26.2 Å². The van der Waals surface area contributed by atoms with Gasteiger partial charge in [0, 0.05) is 0 Å². The number of nitrogens with one attached hydrogen (secondary N) is 1. The zero-order valence-corrected chi connectivity index (χ0v) is 10.5. The molecule has 20 heavy (non-hydrogen) atoms. The van der Waals surface area contributed by atoms with E-state index in [9.17, 15) is 18.0 Å². The molecule has 2 heterocycles. The van der Waals surface area contributed by atoms with Crippen LogP contribution in [0, 0.1) is 0 Å². The number of nitrogens with zero attached hydrogens (tertiary/aromatic N) is 4. The maximum atomic E-state index is 12.7. The molecule has 2 aromatic rings.